The highest BCUT2D eigenvalue weighted by Crippen LogP contribution is 2.28. The van der Waals surface area contributed by atoms with Crippen molar-refractivity contribution in [2.75, 3.05) is 51.5 Å². The average Bonchev–Trinajstić information content (AvgIpc) is 2.37. The second kappa shape index (κ2) is 5.90. The van der Waals surface area contributed by atoms with Crippen molar-refractivity contribution >= 4 is 27.4 Å². The number of nitrogens with one attached hydrogen (secondary N) is 2. The number of guanidine groups is 1. The summed E-state index contributed by atoms with van der Waals surface area (Å²) in [7, 11) is 4.04. The van der Waals surface area contributed by atoms with Gasteiger partial charge in [0.2, 0.25) is 5.96 Å². The van der Waals surface area contributed by atoms with Gasteiger partial charge in [0.15, 0.2) is 0 Å². The lowest BCUT2D eigenvalue weighted by atomic mass is 10.2. The minimum Gasteiger partial charge on any atom is -0.378 e. The minimum atomic E-state index is -3.58. The molecule has 0 bridgehead atoms. The summed E-state index contributed by atoms with van der Waals surface area (Å²) in [4.78, 5) is 8.32. The Hall–Kier alpha value is -1.80. The highest BCUT2D eigenvalue weighted by molar-refractivity contribution is 7.90. The summed E-state index contributed by atoms with van der Waals surface area (Å²) in [5.74, 6) is 0.266. The Morgan fingerprint density at radius 1 is 1.19 bits per heavy atom. The molecule has 7 nitrogen and oxygen atoms in total. The third-order valence-electron chi connectivity index (χ3n) is 3.07. The Balaban J connectivity index is 2.29. The van der Waals surface area contributed by atoms with Gasteiger partial charge in [-0.1, -0.05) is 0 Å². The van der Waals surface area contributed by atoms with E-state index < -0.39 is 10.0 Å². The lowest BCUT2D eigenvalue weighted by Crippen LogP contribution is -2.41. The van der Waals surface area contributed by atoms with Crippen LogP contribution in [-0.2, 0) is 10.0 Å². The molecule has 1 aromatic carbocycles. The number of anilines is 2. The maximum absolute atomic E-state index is 12.3. The molecule has 2 rings (SSSR count). The van der Waals surface area contributed by atoms with Gasteiger partial charge in [-0.25, -0.2) is 13.1 Å². The van der Waals surface area contributed by atoms with Crippen molar-refractivity contribution < 1.29 is 8.42 Å². The summed E-state index contributed by atoms with van der Waals surface area (Å²) < 4.78 is 27.1. The molecule has 0 aromatic heterocycles. The Labute approximate surface area is 125 Å². The van der Waals surface area contributed by atoms with E-state index >= 15 is 0 Å². The van der Waals surface area contributed by atoms with E-state index in [0.29, 0.717) is 12.2 Å². The molecule has 116 valence electrons. The number of hydrogen-bond donors (Lipinski definition) is 2. The highest BCUT2D eigenvalue weighted by Gasteiger charge is 2.26. The fraction of sp³-hybridized carbons (Fsp3) is 0.462. The van der Waals surface area contributed by atoms with Gasteiger partial charge >= 0.3 is 0 Å². The van der Waals surface area contributed by atoms with Gasteiger partial charge in [-0.15, -0.1) is 0 Å². The first kappa shape index (κ1) is 15.6. The Bertz CT molecular complexity index is 653. The maximum Gasteiger partial charge on any atom is 0.266 e. The van der Waals surface area contributed by atoms with Crippen molar-refractivity contribution in [3.63, 3.8) is 0 Å². The number of benzene rings is 1. The van der Waals surface area contributed by atoms with Gasteiger partial charge in [0.25, 0.3) is 10.0 Å². The molecule has 0 spiro atoms. The van der Waals surface area contributed by atoms with E-state index in [2.05, 4.69) is 15.0 Å². The number of rotatable bonds is 4. The molecule has 2 N–H and O–H groups in total. The van der Waals surface area contributed by atoms with E-state index in [1.807, 2.05) is 44.1 Å². The largest absolute Gasteiger partial charge is 0.378 e. The molecule has 0 radical (unpaired) electrons. The van der Waals surface area contributed by atoms with Gasteiger partial charge in [0, 0.05) is 26.3 Å². The zero-order valence-corrected chi connectivity index (χ0v) is 13.5. The van der Waals surface area contributed by atoms with Crippen molar-refractivity contribution in [1.29, 1.82) is 0 Å². The van der Waals surface area contributed by atoms with E-state index in [1.165, 1.54) is 0 Å². The first-order valence-electron chi connectivity index (χ1n) is 6.60. The van der Waals surface area contributed by atoms with Gasteiger partial charge in [0.05, 0.1) is 12.2 Å². The average molecular weight is 311 g/mol. The molecule has 1 aliphatic heterocycles. The predicted octanol–water partition coefficient (Wildman–Crippen LogP) is 0.374. The molecule has 0 saturated heterocycles. The molecule has 1 heterocycles. The zero-order valence-electron chi connectivity index (χ0n) is 12.7. The van der Waals surface area contributed by atoms with Crippen molar-refractivity contribution in [1.82, 2.24) is 9.62 Å². The van der Waals surface area contributed by atoms with Crippen LogP contribution in [0.25, 0.3) is 0 Å². The summed E-state index contributed by atoms with van der Waals surface area (Å²) in [6.45, 7) is 1.27. The molecule has 0 aliphatic carbocycles. The molecule has 0 saturated carbocycles. The summed E-state index contributed by atoms with van der Waals surface area (Å²) in [6.07, 6.45) is 0. The number of fused-ring (bicyclic) bond motifs is 1. The van der Waals surface area contributed by atoms with Crippen LogP contribution in [0.2, 0.25) is 0 Å². The zero-order chi connectivity index (χ0) is 15.6. The minimum absolute atomic E-state index is 0.236. The first-order valence-corrected chi connectivity index (χ1v) is 8.08. The third-order valence-corrected chi connectivity index (χ3v) is 4.45. The highest BCUT2D eigenvalue weighted by atomic mass is 32.2. The van der Waals surface area contributed by atoms with E-state index in [0.717, 1.165) is 12.2 Å². The normalized spacial score (nSPS) is 18.0. The number of aliphatic imine (C=N–C) groups is 1. The fourth-order valence-corrected chi connectivity index (χ4v) is 3.05. The Morgan fingerprint density at radius 2 is 1.90 bits per heavy atom. The van der Waals surface area contributed by atoms with Gasteiger partial charge in [-0.05, 0) is 32.3 Å². The lowest BCUT2D eigenvalue weighted by molar-refractivity contribution is 0.420. The van der Waals surface area contributed by atoms with Crippen molar-refractivity contribution in [3.05, 3.63) is 18.2 Å². The molecular weight excluding hydrogens is 290 g/mol. The second-order valence-electron chi connectivity index (χ2n) is 5.34. The quantitative estimate of drug-likeness (QED) is 0.840. The van der Waals surface area contributed by atoms with Gasteiger partial charge in [0.1, 0.15) is 4.90 Å². The molecule has 0 unspecified atom stereocenters. The van der Waals surface area contributed by atoms with Crippen LogP contribution in [0.4, 0.5) is 11.4 Å². The van der Waals surface area contributed by atoms with Crippen LogP contribution >= 0.6 is 0 Å². The van der Waals surface area contributed by atoms with Crippen molar-refractivity contribution in [3.8, 4) is 0 Å². The van der Waals surface area contributed by atoms with Crippen LogP contribution in [-0.4, -0.2) is 60.6 Å². The fourth-order valence-electron chi connectivity index (χ4n) is 1.88. The molecule has 21 heavy (non-hydrogen) atoms. The summed E-state index contributed by atoms with van der Waals surface area (Å²) in [5.41, 5.74) is 1.37. The Kier molecular flexibility index (Phi) is 4.38. The van der Waals surface area contributed by atoms with Gasteiger partial charge in [-0.2, -0.15) is 0 Å². The number of hydrogen-bond acceptors (Lipinski definition) is 5. The molecule has 1 aliphatic rings. The molecule has 0 amide bonds. The smallest absolute Gasteiger partial charge is 0.266 e. The van der Waals surface area contributed by atoms with E-state index in [9.17, 15) is 8.42 Å². The predicted molar refractivity (Wildman–Crippen MR) is 85.6 cm³/mol. The maximum atomic E-state index is 12.3. The van der Waals surface area contributed by atoms with Gasteiger partial charge in [-0.3, -0.25) is 4.99 Å². The molecular formula is C13H21N5O2S. The monoisotopic (exact) mass is 311 g/mol. The molecule has 1 aromatic rings. The van der Waals surface area contributed by atoms with Crippen molar-refractivity contribution in [2.45, 2.75) is 4.90 Å². The summed E-state index contributed by atoms with van der Waals surface area (Å²) >= 11 is 0. The van der Waals surface area contributed by atoms with Crippen molar-refractivity contribution in [2.24, 2.45) is 4.99 Å². The van der Waals surface area contributed by atoms with Crippen LogP contribution in [0.1, 0.15) is 0 Å². The van der Waals surface area contributed by atoms with Gasteiger partial charge < -0.3 is 15.1 Å². The van der Waals surface area contributed by atoms with Crippen LogP contribution < -0.4 is 14.9 Å². The topological polar surface area (TPSA) is 77.0 Å². The van der Waals surface area contributed by atoms with Crippen LogP contribution in [0, 0.1) is 0 Å². The molecule has 0 atom stereocenters. The van der Waals surface area contributed by atoms with Crippen LogP contribution in [0.3, 0.4) is 0 Å². The first-order chi connectivity index (χ1) is 9.79. The summed E-state index contributed by atoms with van der Waals surface area (Å²) in [6, 6.07) is 5.26. The summed E-state index contributed by atoms with van der Waals surface area (Å²) in [5, 5.41) is 3.02. The molecule has 0 fully saturated rings. The standard InChI is InChI=1S/C13H21N5O2S/c1-17(2)8-7-14-13-15-11-6-5-10(18(3)4)9-12(11)21(19,20)16-13/h5-6,9H,7-8H2,1-4H3,(H2,14,15,16). The van der Waals surface area contributed by atoms with Crippen LogP contribution in [0.5, 0.6) is 0 Å². The lowest BCUT2D eigenvalue weighted by Gasteiger charge is -2.23. The van der Waals surface area contributed by atoms with E-state index in [1.54, 1.807) is 12.1 Å². The van der Waals surface area contributed by atoms with E-state index in [-0.39, 0.29) is 10.9 Å². The Morgan fingerprint density at radius 3 is 2.52 bits per heavy atom. The third kappa shape index (κ3) is 3.64. The SMILES string of the molecule is CN(C)CCN=C1Nc2ccc(N(C)C)cc2S(=O)(=O)N1. The second-order valence-corrected chi connectivity index (χ2v) is 6.99. The number of sulfonamides is 1. The van der Waals surface area contributed by atoms with Crippen LogP contribution in [0.15, 0.2) is 28.1 Å². The number of likely N-dealkylation sites (N-methyl/N-ethyl adjacent to an activating group) is 1. The molecule has 8 heteroatoms. The van der Waals surface area contributed by atoms with E-state index in [4.69, 9.17) is 0 Å². The number of nitrogens with zero attached hydrogens (tertiary/aromatic N) is 3.